The van der Waals surface area contributed by atoms with Crippen LogP contribution in [0.5, 0.6) is 0 Å². The summed E-state index contributed by atoms with van der Waals surface area (Å²) in [4.78, 5) is 10.6. The maximum Gasteiger partial charge on any atom is 0.309 e. The van der Waals surface area contributed by atoms with Gasteiger partial charge in [0.15, 0.2) is 0 Å². The number of carbonyl (C=O) groups is 1. The Morgan fingerprint density at radius 3 is 2.78 bits per heavy atom. The van der Waals surface area contributed by atoms with Crippen LogP contribution in [0.25, 0.3) is 0 Å². The van der Waals surface area contributed by atoms with Gasteiger partial charge in [-0.15, -0.1) is 0 Å². The Morgan fingerprint density at radius 1 is 1.89 bits per heavy atom. The van der Waals surface area contributed by atoms with Crippen LogP contribution in [0.1, 0.15) is 6.92 Å². The van der Waals surface area contributed by atoms with E-state index in [0.717, 1.165) is 0 Å². The summed E-state index contributed by atoms with van der Waals surface area (Å²) in [5.41, 5.74) is 0. The number of hydrogen-bond donors (Lipinski definition) is 1. The Bertz CT molecular complexity index is 121. The minimum Gasteiger partial charge on any atom is -0.465 e. The van der Waals surface area contributed by atoms with E-state index in [9.17, 15) is 4.79 Å². The molecule has 0 saturated carbocycles. The number of ether oxygens (including phenoxy) is 1. The van der Waals surface area contributed by atoms with Crippen molar-refractivity contribution in [1.29, 1.82) is 0 Å². The summed E-state index contributed by atoms with van der Waals surface area (Å²) < 4.78 is 4.67. The summed E-state index contributed by atoms with van der Waals surface area (Å²) in [6, 6.07) is 0. The molecule has 1 saturated heterocycles. The first-order valence-electron chi connectivity index (χ1n) is 3.03. The van der Waals surface area contributed by atoms with Crippen LogP contribution in [0, 0.1) is 11.8 Å². The molecule has 52 valence electrons. The topological polar surface area (TPSA) is 46.5 Å². The zero-order chi connectivity index (χ0) is 6.85. The molecule has 0 aromatic rings. The number of carbonyl (C=O) groups excluding carboxylic acids is 1. The van der Waals surface area contributed by atoms with Crippen molar-refractivity contribution < 1.29 is 14.6 Å². The molecule has 0 spiro atoms. The van der Waals surface area contributed by atoms with Crippen LogP contribution in [0.15, 0.2) is 0 Å². The zero-order valence-corrected chi connectivity index (χ0v) is 5.33. The Labute approximate surface area is 53.6 Å². The SMILES string of the molecule is CC1C(=O)OCC1CO. The summed E-state index contributed by atoms with van der Waals surface area (Å²) in [5.74, 6) is -0.276. The van der Waals surface area contributed by atoms with Crippen molar-refractivity contribution in [1.82, 2.24) is 0 Å². The summed E-state index contributed by atoms with van der Waals surface area (Å²) >= 11 is 0. The molecule has 1 aliphatic heterocycles. The average molecular weight is 130 g/mol. The number of esters is 1. The van der Waals surface area contributed by atoms with Crippen molar-refractivity contribution >= 4 is 5.97 Å². The molecule has 3 heteroatoms. The molecule has 3 nitrogen and oxygen atoms in total. The van der Waals surface area contributed by atoms with Crippen molar-refractivity contribution in [2.45, 2.75) is 6.92 Å². The maximum atomic E-state index is 10.6. The summed E-state index contributed by atoms with van der Waals surface area (Å²) in [6.07, 6.45) is 0. The summed E-state index contributed by atoms with van der Waals surface area (Å²) in [5, 5.41) is 8.62. The lowest BCUT2D eigenvalue weighted by atomic mass is 9.99. The van der Waals surface area contributed by atoms with E-state index < -0.39 is 0 Å². The van der Waals surface area contributed by atoms with Crippen molar-refractivity contribution in [2.24, 2.45) is 11.8 Å². The molecular formula is C6H10O3. The van der Waals surface area contributed by atoms with E-state index in [1.54, 1.807) is 6.92 Å². The highest BCUT2D eigenvalue weighted by Gasteiger charge is 2.31. The van der Waals surface area contributed by atoms with Gasteiger partial charge in [0.1, 0.15) is 0 Å². The number of aliphatic hydroxyl groups is 1. The van der Waals surface area contributed by atoms with Crippen molar-refractivity contribution in [3.05, 3.63) is 0 Å². The van der Waals surface area contributed by atoms with Gasteiger partial charge in [-0.1, -0.05) is 6.92 Å². The van der Waals surface area contributed by atoms with Crippen molar-refractivity contribution in [2.75, 3.05) is 13.2 Å². The fourth-order valence-electron chi connectivity index (χ4n) is 0.868. The molecule has 1 fully saturated rings. The van der Waals surface area contributed by atoms with Gasteiger partial charge in [0.2, 0.25) is 0 Å². The average Bonchev–Trinajstić information content (AvgIpc) is 2.15. The molecule has 0 bridgehead atoms. The first kappa shape index (κ1) is 6.55. The van der Waals surface area contributed by atoms with Gasteiger partial charge in [0.25, 0.3) is 0 Å². The minimum absolute atomic E-state index is 0.0255. The van der Waals surface area contributed by atoms with Crippen LogP contribution in [0.3, 0.4) is 0 Å². The smallest absolute Gasteiger partial charge is 0.309 e. The van der Waals surface area contributed by atoms with E-state index in [4.69, 9.17) is 5.11 Å². The molecule has 2 atom stereocenters. The van der Waals surface area contributed by atoms with Crippen LogP contribution in [-0.2, 0) is 9.53 Å². The van der Waals surface area contributed by atoms with Gasteiger partial charge >= 0.3 is 5.97 Å². The Hall–Kier alpha value is -0.570. The maximum absolute atomic E-state index is 10.6. The molecular weight excluding hydrogens is 120 g/mol. The third-order valence-corrected chi connectivity index (χ3v) is 1.75. The highest BCUT2D eigenvalue weighted by molar-refractivity contribution is 5.74. The van der Waals surface area contributed by atoms with Crippen LogP contribution < -0.4 is 0 Å². The molecule has 0 amide bonds. The third kappa shape index (κ3) is 1.05. The Kier molecular flexibility index (Phi) is 1.71. The van der Waals surface area contributed by atoms with E-state index in [-0.39, 0.29) is 24.4 Å². The van der Waals surface area contributed by atoms with E-state index in [1.807, 2.05) is 0 Å². The molecule has 1 aliphatic rings. The predicted octanol–water partition coefficient (Wildman–Crippen LogP) is -0.212. The molecule has 1 heterocycles. The van der Waals surface area contributed by atoms with Gasteiger partial charge in [-0.2, -0.15) is 0 Å². The number of aliphatic hydroxyl groups excluding tert-OH is 1. The molecule has 1 rings (SSSR count). The lowest BCUT2D eigenvalue weighted by molar-refractivity contribution is -0.140. The predicted molar refractivity (Wildman–Crippen MR) is 30.7 cm³/mol. The van der Waals surface area contributed by atoms with E-state index in [1.165, 1.54) is 0 Å². The lowest BCUT2D eigenvalue weighted by Crippen LogP contribution is -2.15. The van der Waals surface area contributed by atoms with Crippen LogP contribution in [0.4, 0.5) is 0 Å². The summed E-state index contributed by atoms with van der Waals surface area (Å²) in [7, 11) is 0. The van der Waals surface area contributed by atoms with E-state index in [2.05, 4.69) is 4.74 Å². The second kappa shape index (κ2) is 2.35. The van der Waals surface area contributed by atoms with Gasteiger partial charge in [-0.25, -0.2) is 0 Å². The fraction of sp³-hybridized carbons (Fsp3) is 0.833. The van der Waals surface area contributed by atoms with Gasteiger partial charge in [0, 0.05) is 12.5 Å². The quantitative estimate of drug-likeness (QED) is 0.499. The second-order valence-corrected chi connectivity index (χ2v) is 2.36. The third-order valence-electron chi connectivity index (χ3n) is 1.75. The van der Waals surface area contributed by atoms with Gasteiger partial charge in [0.05, 0.1) is 12.5 Å². The molecule has 0 radical (unpaired) electrons. The van der Waals surface area contributed by atoms with Crippen molar-refractivity contribution in [3.8, 4) is 0 Å². The molecule has 0 aliphatic carbocycles. The lowest BCUT2D eigenvalue weighted by Gasteiger charge is -2.03. The van der Waals surface area contributed by atoms with Crippen LogP contribution in [-0.4, -0.2) is 24.3 Å². The normalized spacial score (nSPS) is 34.7. The molecule has 2 unspecified atom stereocenters. The van der Waals surface area contributed by atoms with E-state index in [0.29, 0.717) is 6.61 Å². The second-order valence-electron chi connectivity index (χ2n) is 2.36. The Balaban J connectivity index is 2.51. The fourth-order valence-corrected chi connectivity index (χ4v) is 0.868. The zero-order valence-electron chi connectivity index (χ0n) is 5.33. The highest BCUT2D eigenvalue weighted by Crippen LogP contribution is 2.20. The summed E-state index contributed by atoms with van der Waals surface area (Å²) in [6.45, 7) is 2.21. The van der Waals surface area contributed by atoms with Crippen LogP contribution in [0.2, 0.25) is 0 Å². The molecule has 0 aromatic heterocycles. The monoisotopic (exact) mass is 130 g/mol. The van der Waals surface area contributed by atoms with Gasteiger partial charge in [-0.3, -0.25) is 4.79 Å². The first-order valence-corrected chi connectivity index (χ1v) is 3.03. The largest absolute Gasteiger partial charge is 0.465 e. The number of cyclic esters (lactones) is 1. The van der Waals surface area contributed by atoms with E-state index >= 15 is 0 Å². The minimum atomic E-state index is -0.186. The van der Waals surface area contributed by atoms with Crippen molar-refractivity contribution in [3.63, 3.8) is 0 Å². The standard InChI is InChI=1S/C6H10O3/c1-4-5(2-7)3-9-6(4)8/h4-5,7H,2-3H2,1H3. The molecule has 0 aromatic carbocycles. The molecule has 9 heavy (non-hydrogen) atoms. The Morgan fingerprint density at radius 2 is 2.56 bits per heavy atom. The van der Waals surface area contributed by atoms with Crippen LogP contribution >= 0.6 is 0 Å². The number of rotatable bonds is 1. The highest BCUT2D eigenvalue weighted by atomic mass is 16.5. The number of hydrogen-bond acceptors (Lipinski definition) is 3. The molecule has 1 N–H and O–H groups in total. The van der Waals surface area contributed by atoms with Gasteiger partial charge < -0.3 is 9.84 Å². The van der Waals surface area contributed by atoms with Gasteiger partial charge in [-0.05, 0) is 0 Å². The first-order chi connectivity index (χ1) is 4.25.